The van der Waals surface area contributed by atoms with Crippen LogP contribution in [0.5, 0.6) is 0 Å². The van der Waals surface area contributed by atoms with Gasteiger partial charge in [0.05, 0.1) is 0 Å². The third-order valence-electron chi connectivity index (χ3n) is 4.16. The number of hydrogen-bond donors (Lipinski definition) is 0. The smallest absolute Gasteiger partial charge is 0.200 e. The first-order chi connectivity index (χ1) is 12.7. The molecular formula is C21H19N3OS. The molecule has 0 aliphatic heterocycles. The van der Waals surface area contributed by atoms with Crippen molar-refractivity contribution >= 4 is 22.7 Å². The SMILES string of the molecule is C=CCn1c(SCc2ccc(C)cc2)nnc1-c1cc2ccccc2o1. The minimum atomic E-state index is 0.635. The minimum Gasteiger partial charge on any atom is -0.453 e. The molecule has 0 aliphatic carbocycles. The standard InChI is InChI=1S/C21H19N3OS/c1-3-12-24-20(19-13-17-6-4-5-7-18(17)25-19)22-23-21(24)26-14-16-10-8-15(2)9-11-16/h3-11,13H,1,12,14H2,2H3. The molecule has 0 fully saturated rings. The first kappa shape index (κ1) is 16.7. The van der Waals surface area contributed by atoms with E-state index in [1.165, 1.54) is 11.1 Å². The number of thioether (sulfide) groups is 1. The summed E-state index contributed by atoms with van der Waals surface area (Å²) in [5.41, 5.74) is 3.38. The second kappa shape index (κ2) is 7.22. The summed E-state index contributed by atoms with van der Waals surface area (Å²) in [7, 11) is 0. The van der Waals surface area contributed by atoms with E-state index in [1.807, 2.05) is 41.0 Å². The number of fused-ring (bicyclic) bond motifs is 1. The summed E-state index contributed by atoms with van der Waals surface area (Å²) in [5.74, 6) is 2.30. The molecule has 5 heteroatoms. The van der Waals surface area contributed by atoms with Crippen LogP contribution >= 0.6 is 11.8 Å². The van der Waals surface area contributed by atoms with Crippen molar-refractivity contribution in [2.45, 2.75) is 24.4 Å². The maximum Gasteiger partial charge on any atom is 0.200 e. The molecule has 0 bridgehead atoms. The molecule has 130 valence electrons. The highest BCUT2D eigenvalue weighted by atomic mass is 32.2. The zero-order valence-corrected chi connectivity index (χ0v) is 15.4. The number of furan rings is 1. The van der Waals surface area contributed by atoms with Crippen molar-refractivity contribution in [3.63, 3.8) is 0 Å². The molecule has 4 nitrogen and oxygen atoms in total. The van der Waals surface area contributed by atoms with E-state index in [1.54, 1.807) is 11.8 Å². The third kappa shape index (κ3) is 3.30. The van der Waals surface area contributed by atoms with E-state index < -0.39 is 0 Å². The van der Waals surface area contributed by atoms with Gasteiger partial charge in [-0.05, 0) is 24.6 Å². The average molecular weight is 361 g/mol. The van der Waals surface area contributed by atoms with Gasteiger partial charge in [0.15, 0.2) is 10.9 Å². The van der Waals surface area contributed by atoms with Gasteiger partial charge in [-0.1, -0.05) is 65.9 Å². The quantitative estimate of drug-likeness (QED) is 0.337. The molecule has 2 heterocycles. The van der Waals surface area contributed by atoms with Gasteiger partial charge >= 0.3 is 0 Å². The Morgan fingerprint density at radius 1 is 1.12 bits per heavy atom. The summed E-state index contributed by atoms with van der Waals surface area (Å²) in [5, 5.41) is 10.7. The van der Waals surface area contributed by atoms with Gasteiger partial charge in [-0.3, -0.25) is 4.57 Å². The van der Waals surface area contributed by atoms with Crippen LogP contribution in [0.4, 0.5) is 0 Å². The molecule has 0 atom stereocenters. The molecule has 4 aromatic rings. The Morgan fingerprint density at radius 3 is 2.69 bits per heavy atom. The maximum atomic E-state index is 5.96. The predicted octanol–water partition coefficient (Wildman–Crippen LogP) is 5.48. The Hall–Kier alpha value is -2.79. The van der Waals surface area contributed by atoms with Gasteiger partial charge in [0.25, 0.3) is 0 Å². The van der Waals surface area contributed by atoms with Crippen LogP contribution in [0.25, 0.3) is 22.6 Å². The topological polar surface area (TPSA) is 43.9 Å². The average Bonchev–Trinajstić information content (AvgIpc) is 3.25. The van der Waals surface area contributed by atoms with E-state index in [9.17, 15) is 0 Å². The van der Waals surface area contributed by atoms with Crippen molar-refractivity contribution in [1.29, 1.82) is 0 Å². The minimum absolute atomic E-state index is 0.635. The van der Waals surface area contributed by atoms with Gasteiger partial charge in [-0.25, -0.2) is 0 Å². The Bertz CT molecular complexity index is 1010. The molecular weight excluding hydrogens is 342 g/mol. The molecule has 0 N–H and O–H groups in total. The second-order valence-corrected chi connectivity index (χ2v) is 7.07. The molecule has 2 aromatic carbocycles. The van der Waals surface area contributed by atoms with E-state index in [2.05, 4.69) is 48.0 Å². The van der Waals surface area contributed by atoms with E-state index in [4.69, 9.17) is 4.42 Å². The summed E-state index contributed by atoms with van der Waals surface area (Å²) in [6.45, 7) is 6.59. The van der Waals surface area contributed by atoms with Gasteiger partial charge in [0.2, 0.25) is 5.82 Å². The molecule has 4 rings (SSSR count). The zero-order valence-electron chi connectivity index (χ0n) is 14.6. The van der Waals surface area contributed by atoms with E-state index in [0.29, 0.717) is 6.54 Å². The lowest BCUT2D eigenvalue weighted by Crippen LogP contribution is -2.00. The fourth-order valence-electron chi connectivity index (χ4n) is 2.80. The van der Waals surface area contributed by atoms with E-state index in [-0.39, 0.29) is 0 Å². The van der Waals surface area contributed by atoms with Gasteiger partial charge in [0.1, 0.15) is 5.58 Å². The van der Waals surface area contributed by atoms with Crippen LogP contribution in [-0.2, 0) is 12.3 Å². The van der Waals surface area contributed by atoms with Crippen molar-refractivity contribution in [2.75, 3.05) is 0 Å². The second-order valence-electron chi connectivity index (χ2n) is 6.13. The fourth-order valence-corrected chi connectivity index (χ4v) is 3.70. The van der Waals surface area contributed by atoms with Crippen molar-refractivity contribution in [3.05, 3.63) is 78.4 Å². The highest BCUT2D eigenvalue weighted by Gasteiger charge is 2.17. The van der Waals surface area contributed by atoms with Gasteiger partial charge in [-0.15, -0.1) is 16.8 Å². The van der Waals surface area contributed by atoms with E-state index >= 15 is 0 Å². The van der Waals surface area contributed by atoms with Crippen LogP contribution in [0.1, 0.15) is 11.1 Å². The Balaban J connectivity index is 1.63. The van der Waals surface area contributed by atoms with Crippen molar-refractivity contribution in [1.82, 2.24) is 14.8 Å². The highest BCUT2D eigenvalue weighted by Crippen LogP contribution is 2.30. The molecule has 0 saturated heterocycles. The van der Waals surface area contributed by atoms with Gasteiger partial charge in [-0.2, -0.15) is 0 Å². The number of aromatic nitrogens is 3. The van der Waals surface area contributed by atoms with Crippen molar-refractivity contribution in [3.8, 4) is 11.6 Å². The number of allylic oxidation sites excluding steroid dienone is 1. The largest absolute Gasteiger partial charge is 0.453 e. The number of para-hydroxylation sites is 1. The van der Waals surface area contributed by atoms with Crippen LogP contribution in [0.2, 0.25) is 0 Å². The fraction of sp³-hybridized carbons (Fsp3) is 0.143. The number of hydrogen-bond acceptors (Lipinski definition) is 4. The van der Waals surface area contributed by atoms with Crippen molar-refractivity contribution < 1.29 is 4.42 Å². The molecule has 0 spiro atoms. The third-order valence-corrected chi connectivity index (χ3v) is 5.20. The summed E-state index contributed by atoms with van der Waals surface area (Å²) >= 11 is 1.67. The predicted molar refractivity (Wildman–Crippen MR) is 106 cm³/mol. The summed E-state index contributed by atoms with van der Waals surface area (Å²) in [6, 6.07) is 18.5. The number of benzene rings is 2. The zero-order chi connectivity index (χ0) is 17.9. The molecule has 0 amide bonds. The first-order valence-corrected chi connectivity index (χ1v) is 9.44. The number of nitrogens with zero attached hydrogens (tertiary/aromatic N) is 3. The number of aryl methyl sites for hydroxylation is 1. The lowest BCUT2D eigenvalue weighted by atomic mass is 10.2. The van der Waals surface area contributed by atoms with Crippen LogP contribution in [0.15, 0.2) is 76.8 Å². The molecule has 0 unspecified atom stereocenters. The summed E-state index contributed by atoms with van der Waals surface area (Å²) < 4.78 is 8.01. The molecule has 0 saturated carbocycles. The summed E-state index contributed by atoms with van der Waals surface area (Å²) in [6.07, 6.45) is 1.85. The lowest BCUT2D eigenvalue weighted by Gasteiger charge is -2.06. The molecule has 0 radical (unpaired) electrons. The number of rotatable bonds is 6. The highest BCUT2D eigenvalue weighted by molar-refractivity contribution is 7.98. The van der Waals surface area contributed by atoms with Gasteiger partial charge in [0, 0.05) is 17.7 Å². The monoisotopic (exact) mass is 361 g/mol. The maximum absolute atomic E-state index is 5.96. The van der Waals surface area contributed by atoms with E-state index in [0.717, 1.165) is 33.5 Å². The van der Waals surface area contributed by atoms with Crippen LogP contribution in [0, 0.1) is 6.92 Å². The van der Waals surface area contributed by atoms with Crippen molar-refractivity contribution in [2.24, 2.45) is 0 Å². The van der Waals surface area contributed by atoms with Crippen LogP contribution in [0.3, 0.4) is 0 Å². The Morgan fingerprint density at radius 2 is 1.92 bits per heavy atom. The normalized spacial score (nSPS) is 11.1. The van der Waals surface area contributed by atoms with Crippen LogP contribution < -0.4 is 0 Å². The lowest BCUT2D eigenvalue weighted by molar-refractivity contribution is 0.613. The molecule has 2 aromatic heterocycles. The first-order valence-electron chi connectivity index (χ1n) is 8.46. The van der Waals surface area contributed by atoms with Crippen LogP contribution in [-0.4, -0.2) is 14.8 Å². The Kier molecular flexibility index (Phi) is 4.63. The molecule has 26 heavy (non-hydrogen) atoms. The van der Waals surface area contributed by atoms with Gasteiger partial charge < -0.3 is 4.42 Å². The Labute approximate surface area is 156 Å². The molecule has 0 aliphatic rings. The summed E-state index contributed by atoms with van der Waals surface area (Å²) in [4.78, 5) is 0.